The zero-order chi connectivity index (χ0) is 23.0. The van der Waals surface area contributed by atoms with Gasteiger partial charge in [-0.05, 0) is 55.0 Å². The summed E-state index contributed by atoms with van der Waals surface area (Å²) in [5.41, 5.74) is 7.41. The maximum Gasteiger partial charge on any atom is 0.289 e. The van der Waals surface area contributed by atoms with Gasteiger partial charge < -0.3 is 9.47 Å². The van der Waals surface area contributed by atoms with Gasteiger partial charge in [0.25, 0.3) is 5.91 Å². The zero-order valence-corrected chi connectivity index (χ0v) is 18.4. The van der Waals surface area contributed by atoms with Crippen molar-refractivity contribution in [3.05, 3.63) is 101 Å². The third kappa shape index (κ3) is 5.65. The van der Waals surface area contributed by atoms with Crippen molar-refractivity contribution in [1.82, 2.24) is 15.6 Å². The monoisotopic (exact) mass is 440 g/mol. The number of para-hydroxylation sites is 1. The predicted molar refractivity (Wildman–Crippen MR) is 128 cm³/mol. The Balaban J connectivity index is 1.34. The summed E-state index contributed by atoms with van der Waals surface area (Å²) in [6, 6.07) is 24.9. The summed E-state index contributed by atoms with van der Waals surface area (Å²) in [6.07, 6.45) is 1.53. The van der Waals surface area contributed by atoms with Crippen LogP contribution in [0.1, 0.15) is 27.2 Å². The van der Waals surface area contributed by atoms with Gasteiger partial charge in [-0.2, -0.15) is 10.2 Å². The highest BCUT2D eigenvalue weighted by Gasteiger charge is 2.11. The molecule has 1 amide bonds. The van der Waals surface area contributed by atoms with Crippen LogP contribution in [0.15, 0.2) is 84.0 Å². The molecule has 0 bridgehead atoms. The van der Waals surface area contributed by atoms with Crippen LogP contribution in [0.4, 0.5) is 0 Å². The maximum atomic E-state index is 12.4. The molecule has 0 fully saturated rings. The number of rotatable bonds is 8. The van der Waals surface area contributed by atoms with Crippen molar-refractivity contribution in [2.75, 3.05) is 7.11 Å². The summed E-state index contributed by atoms with van der Waals surface area (Å²) in [7, 11) is 1.58. The second kappa shape index (κ2) is 10.3. The number of aromatic amines is 1. The first kappa shape index (κ1) is 21.8. The molecule has 4 rings (SSSR count). The van der Waals surface area contributed by atoms with E-state index in [2.05, 4.69) is 51.9 Å². The topological polar surface area (TPSA) is 88.6 Å². The number of H-pyrrole nitrogens is 1. The molecule has 0 unspecified atom stereocenters. The lowest BCUT2D eigenvalue weighted by Gasteiger charge is -2.07. The Bertz CT molecular complexity index is 1250. The smallest absolute Gasteiger partial charge is 0.289 e. The van der Waals surface area contributed by atoms with Crippen LogP contribution >= 0.6 is 0 Å². The van der Waals surface area contributed by atoms with Gasteiger partial charge in [0.05, 0.1) is 19.0 Å². The molecule has 4 aromatic rings. The molecule has 0 aliphatic heterocycles. The first-order valence-corrected chi connectivity index (χ1v) is 10.4. The molecule has 0 saturated carbocycles. The van der Waals surface area contributed by atoms with Gasteiger partial charge in [-0.1, -0.05) is 42.0 Å². The minimum absolute atomic E-state index is 0.307. The average molecular weight is 441 g/mol. The highest BCUT2D eigenvalue weighted by Crippen LogP contribution is 2.22. The maximum absolute atomic E-state index is 12.4. The van der Waals surface area contributed by atoms with E-state index in [9.17, 15) is 4.79 Å². The number of carbonyl (C=O) groups excluding carboxylic acids is 1. The zero-order valence-electron chi connectivity index (χ0n) is 18.4. The van der Waals surface area contributed by atoms with Gasteiger partial charge in [-0.15, -0.1) is 0 Å². The van der Waals surface area contributed by atoms with Crippen LogP contribution in [-0.2, 0) is 6.61 Å². The number of hydrazone groups is 1. The molecule has 0 aliphatic carbocycles. The predicted octanol–water partition coefficient (Wildman–Crippen LogP) is 4.74. The van der Waals surface area contributed by atoms with Crippen LogP contribution < -0.4 is 14.9 Å². The molecule has 1 heterocycles. The Labute approximate surface area is 192 Å². The molecule has 7 heteroatoms. The molecule has 3 aromatic carbocycles. The van der Waals surface area contributed by atoms with Gasteiger partial charge >= 0.3 is 0 Å². The third-order valence-corrected chi connectivity index (χ3v) is 5.01. The van der Waals surface area contributed by atoms with E-state index >= 15 is 0 Å². The third-order valence-electron chi connectivity index (χ3n) is 5.01. The minimum atomic E-state index is -0.391. The lowest BCUT2D eigenvalue weighted by molar-refractivity contribution is 0.0950. The largest absolute Gasteiger partial charge is 0.496 e. The molecule has 2 N–H and O–H groups in total. The number of nitrogens with one attached hydrogen (secondary N) is 2. The van der Waals surface area contributed by atoms with Crippen molar-refractivity contribution in [1.29, 1.82) is 0 Å². The van der Waals surface area contributed by atoms with Crippen LogP contribution in [-0.4, -0.2) is 29.4 Å². The van der Waals surface area contributed by atoms with Crippen LogP contribution in [0.2, 0.25) is 0 Å². The van der Waals surface area contributed by atoms with E-state index in [1.807, 2.05) is 48.5 Å². The van der Waals surface area contributed by atoms with Gasteiger partial charge in [-0.25, -0.2) is 5.43 Å². The molecule has 0 saturated heterocycles. The number of benzene rings is 3. The molecule has 7 nitrogen and oxygen atoms in total. The van der Waals surface area contributed by atoms with Gasteiger partial charge in [0, 0.05) is 11.1 Å². The first-order valence-electron chi connectivity index (χ1n) is 10.4. The number of hydrogen-bond donors (Lipinski definition) is 2. The number of methoxy groups -OCH3 is 1. The average Bonchev–Trinajstić information content (AvgIpc) is 3.35. The van der Waals surface area contributed by atoms with Crippen LogP contribution in [0, 0.1) is 6.92 Å². The molecule has 1 aromatic heterocycles. The van der Waals surface area contributed by atoms with E-state index in [1.165, 1.54) is 11.8 Å². The van der Waals surface area contributed by atoms with Crippen molar-refractivity contribution in [2.24, 2.45) is 5.10 Å². The fraction of sp³-hybridized carbons (Fsp3) is 0.115. The summed E-state index contributed by atoms with van der Waals surface area (Å²) >= 11 is 0. The highest BCUT2D eigenvalue weighted by atomic mass is 16.5. The van der Waals surface area contributed by atoms with E-state index in [0.29, 0.717) is 23.7 Å². The van der Waals surface area contributed by atoms with Gasteiger partial charge in [0.2, 0.25) is 0 Å². The van der Waals surface area contributed by atoms with E-state index in [1.54, 1.807) is 13.2 Å². The lowest BCUT2D eigenvalue weighted by Crippen LogP contribution is -2.18. The van der Waals surface area contributed by atoms with Gasteiger partial charge in [0.1, 0.15) is 23.8 Å². The van der Waals surface area contributed by atoms with Crippen LogP contribution in [0.25, 0.3) is 11.3 Å². The van der Waals surface area contributed by atoms with Crippen molar-refractivity contribution in [3.8, 4) is 22.8 Å². The Hall–Kier alpha value is -4.39. The molecule has 33 heavy (non-hydrogen) atoms. The van der Waals surface area contributed by atoms with Crippen LogP contribution in [0.5, 0.6) is 11.5 Å². The molecule has 0 aliphatic rings. The number of carbonyl (C=O) groups is 1. The fourth-order valence-corrected chi connectivity index (χ4v) is 3.15. The van der Waals surface area contributed by atoms with Gasteiger partial charge in [0.15, 0.2) is 0 Å². The summed E-state index contributed by atoms with van der Waals surface area (Å²) in [4.78, 5) is 12.4. The Morgan fingerprint density at radius 1 is 1.06 bits per heavy atom. The minimum Gasteiger partial charge on any atom is -0.496 e. The number of hydrogen-bond acceptors (Lipinski definition) is 5. The Kier molecular flexibility index (Phi) is 6.80. The Morgan fingerprint density at radius 2 is 1.82 bits per heavy atom. The molecular weight excluding hydrogens is 416 g/mol. The summed E-state index contributed by atoms with van der Waals surface area (Å²) < 4.78 is 11.1. The highest BCUT2D eigenvalue weighted by molar-refractivity contribution is 5.94. The normalized spacial score (nSPS) is 10.8. The summed E-state index contributed by atoms with van der Waals surface area (Å²) in [6.45, 7) is 2.56. The summed E-state index contributed by atoms with van der Waals surface area (Å²) in [5, 5.41) is 11.0. The summed E-state index contributed by atoms with van der Waals surface area (Å²) in [5.74, 6) is 1.04. The fourth-order valence-electron chi connectivity index (χ4n) is 3.15. The van der Waals surface area contributed by atoms with Crippen molar-refractivity contribution in [3.63, 3.8) is 0 Å². The van der Waals surface area contributed by atoms with Crippen molar-refractivity contribution >= 4 is 12.1 Å². The van der Waals surface area contributed by atoms with E-state index < -0.39 is 5.91 Å². The number of aryl methyl sites for hydroxylation is 1. The molecule has 0 spiro atoms. The standard InChI is InChI=1S/C26H24N4O3/c1-18-7-9-19(10-8-18)17-33-22-13-11-20(12-14-22)23-15-24(29-28-23)26(31)30-27-16-21-5-3-4-6-25(21)32-2/h3-16H,17H2,1-2H3,(H,28,29)(H,30,31)/b27-16+. The first-order chi connectivity index (χ1) is 16.1. The van der Waals surface area contributed by atoms with E-state index in [4.69, 9.17) is 9.47 Å². The van der Waals surface area contributed by atoms with Crippen molar-refractivity contribution < 1.29 is 14.3 Å². The van der Waals surface area contributed by atoms with E-state index in [0.717, 1.165) is 22.4 Å². The molecular formula is C26H24N4O3. The SMILES string of the molecule is COc1ccccc1/C=N/NC(=O)c1cc(-c2ccc(OCc3ccc(C)cc3)cc2)n[nH]1. The number of ether oxygens (including phenoxy) is 2. The number of aromatic nitrogens is 2. The number of nitrogens with zero attached hydrogens (tertiary/aromatic N) is 2. The van der Waals surface area contributed by atoms with Crippen molar-refractivity contribution in [2.45, 2.75) is 13.5 Å². The molecule has 0 radical (unpaired) electrons. The van der Waals surface area contributed by atoms with Crippen LogP contribution in [0.3, 0.4) is 0 Å². The quantitative estimate of drug-likeness (QED) is 0.306. The van der Waals surface area contributed by atoms with E-state index in [-0.39, 0.29) is 0 Å². The second-order valence-electron chi connectivity index (χ2n) is 7.41. The second-order valence-corrected chi connectivity index (χ2v) is 7.41. The Morgan fingerprint density at radius 3 is 2.58 bits per heavy atom. The molecule has 166 valence electrons. The van der Waals surface area contributed by atoms with Gasteiger partial charge in [-0.3, -0.25) is 9.89 Å². The lowest BCUT2D eigenvalue weighted by atomic mass is 10.1. The number of amides is 1. The molecule has 0 atom stereocenters.